The van der Waals surface area contributed by atoms with E-state index >= 15 is 0 Å². The van der Waals surface area contributed by atoms with Gasteiger partial charge in [-0.05, 0) is 72.4 Å². The Labute approximate surface area is 190 Å². The standard InChI is InChI=1S/C26H29NO4S/c1-5-20(14-21(6-2)26-18(3)8-7-9-19(26)4)16-31-24-12-10-22(11-13-24)23-15-25(28)27-32(29,30)17-23/h5-14,23H,2,15-17H2,1,3-4H3,(H,27,28)/b20-5+,21-14+. The van der Waals surface area contributed by atoms with Crippen LogP contribution < -0.4 is 9.46 Å². The lowest BCUT2D eigenvalue weighted by Gasteiger charge is -2.22. The third-order valence-electron chi connectivity index (χ3n) is 5.58. The Morgan fingerprint density at radius 1 is 1.16 bits per heavy atom. The first-order chi connectivity index (χ1) is 15.2. The van der Waals surface area contributed by atoms with Gasteiger partial charge in [-0.1, -0.05) is 49.1 Å². The van der Waals surface area contributed by atoms with Crippen molar-refractivity contribution in [2.45, 2.75) is 33.1 Å². The fraction of sp³-hybridized carbons (Fsp3) is 0.269. The largest absolute Gasteiger partial charge is 0.489 e. The summed E-state index contributed by atoms with van der Waals surface area (Å²) >= 11 is 0. The van der Waals surface area contributed by atoms with Gasteiger partial charge in [-0.3, -0.25) is 9.52 Å². The molecule has 1 heterocycles. The molecule has 3 rings (SSSR count). The van der Waals surface area contributed by atoms with Crippen LogP contribution in [-0.4, -0.2) is 26.7 Å². The molecular weight excluding hydrogens is 422 g/mol. The van der Waals surface area contributed by atoms with E-state index in [1.54, 1.807) is 0 Å². The van der Waals surface area contributed by atoms with Crippen molar-refractivity contribution in [3.05, 3.63) is 95.1 Å². The average molecular weight is 452 g/mol. The number of hydrogen-bond acceptors (Lipinski definition) is 4. The van der Waals surface area contributed by atoms with E-state index in [1.807, 2.05) is 54.1 Å². The van der Waals surface area contributed by atoms with Crippen LogP contribution in [0.4, 0.5) is 0 Å². The van der Waals surface area contributed by atoms with Gasteiger partial charge in [0.05, 0.1) is 5.75 Å². The van der Waals surface area contributed by atoms with Gasteiger partial charge in [0, 0.05) is 12.3 Å². The highest BCUT2D eigenvalue weighted by molar-refractivity contribution is 7.90. The number of nitrogens with one attached hydrogen (secondary N) is 1. The minimum atomic E-state index is -3.56. The van der Waals surface area contributed by atoms with E-state index < -0.39 is 15.9 Å². The summed E-state index contributed by atoms with van der Waals surface area (Å²) in [7, 11) is -3.56. The Kier molecular flexibility index (Phi) is 7.36. The molecular formula is C26H29NO4S. The van der Waals surface area contributed by atoms with Gasteiger partial charge in [-0.25, -0.2) is 8.42 Å². The molecule has 0 spiro atoms. The molecule has 168 valence electrons. The topological polar surface area (TPSA) is 72.5 Å². The van der Waals surface area contributed by atoms with Gasteiger partial charge in [-0.15, -0.1) is 0 Å². The maximum Gasteiger partial charge on any atom is 0.235 e. The highest BCUT2D eigenvalue weighted by atomic mass is 32.2. The van der Waals surface area contributed by atoms with Gasteiger partial charge in [0.15, 0.2) is 0 Å². The van der Waals surface area contributed by atoms with E-state index in [0.717, 1.165) is 16.7 Å². The van der Waals surface area contributed by atoms with Gasteiger partial charge in [0.25, 0.3) is 0 Å². The summed E-state index contributed by atoms with van der Waals surface area (Å²) in [5, 5.41) is 0. The molecule has 1 atom stereocenters. The van der Waals surface area contributed by atoms with Gasteiger partial charge < -0.3 is 4.74 Å². The summed E-state index contributed by atoms with van der Waals surface area (Å²) < 4.78 is 31.6. The van der Waals surface area contributed by atoms with Crippen LogP contribution in [0.25, 0.3) is 5.57 Å². The highest BCUT2D eigenvalue weighted by Gasteiger charge is 2.30. The lowest BCUT2D eigenvalue weighted by Crippen LogP contribution is -2.40. The molecule has 1 saturated heterocycles. The van der Waals surface area contributed by atoms with E-state index in [2.05, 4.69) is 38.6 Å². The number of carbonyl (C=O) groups excluding carboxylic acids is 1. The fourth-order valence-electron chi connectivity index (χ4n) is 3.93. The minimum absolute atomic E-state index is 0.0882. The van der Waals surface area contributed by atoms with Crippen LogP contribution in [0, 0.1) is 13.8 Å². The molecule has 0 saturated carbocycles. The minimum Gasteiger partial charge on any atom is -0.489 e. The Morgan fingerprint density at radius 3 is 2.38 bits per heavy atom. The van der Waals surface area contributed by atoms with Gasteiger partial charge in [0.1, 0.15) is 12.4 Å². The van der Waals surface area contributed by atoms with Crippen LogP contribution in [0.3, 0.4) is 0 Å². The van der Waals surface area contributed by atoms with Crippen LogP contribution >= 0.6 is 0 Å². The van der Waals surface area contributed by atoms with E-state index in [-0.39, 0.29) is 18.1 Å². The van der Waals surface area contributed by atoms with Crippen molar-refractivity contribution in [2.24, 2.45) is 0 Å². The second-order valence-electron chi connectivity index (χ2n) is 8.00. The van der Waals surface area contributed by atoms with Crippen LogP contribution in [0.5, 0.6) is 5.75 Å². The third kappa shape index (κ3) is 5.77. The molecule has 1 fully saturated rings. The maximum atomic E-state index is 11.8. The Morgan fingerprint density at radius 2 is 1.81 bits per heavy atom. The van der Waals surface area contributed by atoms with Gasteiger partial charge in [0.2, 0.25) is 15.9 Å². The first-order valence-electron chi connectivity index (χ1n) is 10.5. The molecule has 32 heavy (non-hydrogen) atoms. The van der Waals surface area contributed by atoms with Crippen LogP contribution in [-0.2, 0) is 14.8 Å². The van der Waals surface area contributed by atoms with Crippen molar-refractivity contribution in [2.75, 3.05) is 12.4 Å². The zero-order chi connectivity index (χ0) is 23.3. The zero-order valence-electron chi connectivity index (χ0n) is 18.7. The van der Waals surface area contributed by atoms with Crippen molar-refractivity contribution in [1.29, 1.82) is 0 Å². The SMILES string of the molecule is C=C/C(=C\C(=C/C)COc1ccc(C2CC(=O)NS(=O)(=O)C2)cc1)c1c(C)cccc1C. The summed E-state index contributed by atoms with van der Waals surface area (Å²) in [6.45, 7) is 10.5. The summed E-state index contributed by atoms with van der Waals surface area (Å²) in [5.41, 5.74) is 6.44. The second kappa shape index (κ2) is 10.0. The quantitative estimate of drug-likeness (QED) is 0.612. The highest BCUT2D eigenvalue weighted by Crippen LogP contribution is 2.28. The Balaban J connectivity index is 1.71. The molecule has 0 aliphatic carbocycles. The predicted molar refractivity (Wildman–Crippen MR) is 129 cm³/mol. The van der Waals surface area contributed by atoms with Crippen LogP contribution in [0.1, 0.15) is 41.5 Å². The molecule has 1 unspecified atom stereocenters. The van der Waals surface area contributed by atoms with Crippen LogP contribution in [0.2, 0.25) is 0 Å². The maximum absolute atomic E-state index is 11.8. The molecule has 0 bridgehead atoms. The average Bonchev–Trinajstić information content (AvgIpc) is 2.74. The van der Waals surface area contributed by atoms with E-state index in [0.29, 0.717) is 12.4 Å². The number of aryl methyl sites for hydroxylation is 2. The molecule has 6 heteroatoms. The predicted octanol–water partition coefficient (Wildman–Crippen LogP) is 4.83. The molecule has 1 amide bonds. The number of sulfonamides is 1. The Bertz CT molecular complexity index is 1150. The first-order valence-corrected chi connectivity index (χ1v) is 12.2. The molecule has 1 aliphatic heterocycles. The van der Waals surface area contributed by atoms with Gasteiger partial charge >= 0.3 is 0 Å². The second-order valence-corrected chi connectivity index (χ2v) is 9.77. The summed E-state index contributed by atoms with van der Waals surface area (Å²) in [5.74, 6) is -0.219. The summed E-state index contributed by atoms with van der Waals surface area (Å²) in [6, 6.07) is 13.5. The molecule has 0 aromatic heterocycles. The van der Waals surface area contributed by atoms with E-state index in [9.17, 15) is 13.2 Å². The third-order valence-corrected chi connectivity index (χ3v) is 6.96. The number of rotatable bonds is 7. The normalized spacial score (nSPS) is 18.7. The number of benzene rings is 2. The number of allylic oxidation sites excluding steroid dienone is 3. The monoisotopic (exact) mass is 451 g/mol. The van der Waals surface area contributed by atoms with E-state index in [1.165, 1.54) is 16.7 Å². The molecule has 2 aromatic rings. The number of hydrogen-bond donors (Lipinski definition) is 1. The van der Waals surface area contributed by atoms with E-state index in [4.69, 9.17) is 4.74 Å². The van der Waals surface area contributed by atoms with Gasteiger partial charge in [-0.2, -0.15) is 0 Å². The number of ether oxygens (including phenoxy) is 1. The number of carbonyl (C=O) groups is 1. The fourth-order valence-corrected chi connectivity index (χ4v) is 5.29. The summed E-state index contributed by atoms with van der Waals surface area (Å²) in [6.07, 6.45) is 6.12. The van der Waals surface area contributed by atoms with Crippen molar-refractivity contribution in [3.8, 4) is 5.75 Å². The lowest BCUT2D eigenvalue weighted by molar-refractivity contribution is -0.119. The summed E-state index contributed by atoms with van der Waals surface area (Å²) in [4.78, 5) is 11.7. The van der Waals surface area contributed by atoms with Crippen molar-refractivity contribution >= 4 is 21.5 Å². The molecule has 0 radical (unpaired) electrons. The van der Waals surface area contributed by atoms with Crippen molar-refractivity contribution in [1.82, 2.24) is 4.72 Å². The first kappa shape index (κ1) is 23.5. The Hall–Kier alpha value is -3.12. The molecule has 2 aromatic carbocycles. The lowest BCUT2D eigenvalue weighted by atomic mass is 9.94. The van der Waals surface area contributed by atoms with Crippen LogP contribution in [0.15, 0.2) is 72.8 Å². The molecule has 1 aliphatic rings. The molecule has 5 nitrogen and oxygen atoms in total. The smallest absolute Gasteiger partial charge is 0.235 e. The molecule has 1 N–H and O–H groups in total. The zero-order valence-corrected chi connectivity index (χ0v) is 19.5. The van der Waals surface area contributed by atoms with Crippen molar-refractivity contribution < 1.29 is 17.9 Å². The van der Waals surface area contributed by atoms with Crippen molar-refractivity contribution in [3.63, 3.8) is 0 Å². The number of amides is 1.